The Morgan fingerprint density at radius 2 is 1.95 bits per heavy atom. The molecule has 1 aromatic heterocycles. The highest BCUT2D eigenvalue weighted by Crippen LogP contribution is 2.31. The second-order valence-corrected chi connectivity index (χ2v) is 7.57. The van der Waals surface area contributed by atoms with Gasteiger partial charge in [-0.05, 0) is 30.0 Å². The molecule has 0 saturated carbocycles. The second-order valence-electron chi connectivity index (χ2n) is 5.92. The highest BCUT2D eigenvalue weighted by atomic mass is 32.2. The van der Waals surface area contributed by atoms with E-state index in [-0.39, 0.29) is 21.9 Å². The van der Waals surface area contributed by atoms with Crippen LogP contribution < -0.4 is 4.72 Å². The molecule has 6 nitrogen and oxygen atoms in total. The van der Waals surface area contributed by atoms with Crippen molar-refractivity contribution in [1.29, 1.82) is 0 Å². The van der Waals surface area contributed by atoms with Crippen molar-refractivity contribution in [2.75, 3.05) is 4.72 Å². The Balaban J connectivity index is 2.39. The molecule has 0 bridgehead atoms. The van der Waals surface area contributed by atoms with Crippen molar-refractivity contribution in [1.82, 2.24) is 9.97 Å². The molecule has 2 aromatic rings. The van der Waals surface area contributed by atoms with Gasteiger partial charge >= 0.3 is 0 Å². The minimum Gasteiger partial charge on any atom is -0.506 e. The molecule has 0 unspecified atom stereocenters. The third kappa shape index (κ3) is 3.36. The van der Waals surface area contributed by atoms with E-state index in [4.69, 9.17) is 0 Å². The van der Waals surface area contributed by atoms with Crippen LogP contribution in [0, 0.1) is 6.92 Å². The number of nitrogens with zero attached hydrogens (tertiary/aromatic N) is 1. The van der Waals surface area contributed by atoms with E-state index in [9.17, 15) is 13.5 Å². The first kappa shape index (κ1) is 15.4. The summed E-state index contributed by atoms with van der Waals surface area (Å²) in [7, 11) is -3.81. The van der Waals surface area contributed by atoms with Crippen molar-refractivity contribution in [2.24, 2.45) is 0 Å². The quantitative estimate of drug-likeness (QED) is 0.759. The lowest BCUT2D eigenvalue weighted by Crippen LogP contribution is -2.15. The number of aromatic nitrogens is 2. The Hall–Kier alpha value is -2.02. The number of aromatic hydroxyl groups is 1. The molecule has 0 aliphatic carbocycles. The molecule has 3 N–H and O–H groups in total. The summed E-state index contributed by atoms with van der Waals surface area (Å²) in [5.74, 6) is 0.380. The number of hydrogen-bond acceptors (Lipinski definition) is 4. The Bertz CT molecular complexity index is 758. The molecule has 0 aliphatic rings. The van der Waals surface area contributed by atoms with Crippen molar-refractivity contribution in [2.45, 2.75) is 38.1 Å². The van der Waals surface area contributed by atoms with Crippen molar-refractivity contribution in [3.8, 4) is 5.75 Å². The number of aryl methyl sites for hydroxylation is 1. The Labute approximate surface area is 124 Å². The average molecular weight is 309 g/mol. The fraction of sp³-hybridized carbons (Fsp3) is 0.357. The lowest BCUT2D eigenvalue weighted by atomic mass is 9.87. The van der Waals surface area contributed by atoms with Crippen molar-refractivity contribution >= 4 is 15.7 Å². The van der Waals surface area contributed by atoms with Gasteiger partial charge in [0.2, 0.25) is 0 Å². The monoisotopic (exact) mass is 309 g/mol. The number of sulfonamides is 1. The zero-order chi connectivity index (χ0) is 15.8. The summed E-state index contributed by atoms with van der Waals surface area (Å²) in [6, 6.07) is 4.89. The summed E-state index contributed by atoms with van der Waals surface area (Å²) in [6.45, 7) is 7.69. The van der Waals surface area contributed by atoms with Crippen LogP contribution >= 0.6 is 0 Å². The van der Waals surface area contributed by atoms with Gasteiger partial charge in [-0.25, -0.2) is 4.98 Å². The SMILES string of the molecule is Cc1ncc(S(=O)(=O)Nc2cc(C(C)(C)C)ccc2O)[nH]1. The lowest BCUT2D eigenvalue weighted by Gasteiger charge is -2.20. The second kappa shape index (κ2) is 5.07. The summed E-state index contributed by atoms with van der Waals surface area (Å²) in [6.07, 6.45) is 1.24. The Morgan fingerprint density at radius 1 is 1.29 bits per heavy atom. The summed E-state index contributed by atoms with van der Waals surface area (Å²) < 4.78 is 26.8. The van der Waals surface area contributed by atoms with Crippen LogP contribution in [0.2, 0.25) is 0 Å². The zero-order valence-corrected chi connectivity index (χ0v) is 13.2. The predicted octanol–water partition coefficient (Wildman–Crippen LogP) is 2.52. The number of anilines is 1. The van der Waals surface area contributed by atoms with E-state index in [1.807, 2.05) is 20.8 Å². The van der Waals surface area contributed by atoms with E-state index >= 15 is 0 Å². The average Bonchev–Trinajstić information content (AvgIpc) is 2.78. The van der Waals surface area contributed by atoms with Crippen LogP contribution in [0.4, 0.5) is 5.69 Å². The Morgan fingerprint density at radius 3 is 2.48 bits per heavy atom. The molecule has 0 fully saturated rings. The molecule has 7 heteroatoms. The van der Waals surface area contributed by atoms with Crippen LogP contribution in [-0.4, -0.2) is 23.5 Å². The van der Waals surface area contributed by atoms with Crippen LogP contribution in [-0.2, 0) is 15.4 Å². The van der Waals surface area contributed by atoms with Gasteiger partial charge < -0.3 is 10.1 Å². The number of imidazole rings is 1. The molecular weight excluding hydrogens is 290 g/mol. The molecule has 0 radical (unpaired) electrons. The largest absolute Gasteiger partial charge is 0.506 e. The van der Waals surface area contributed by atoms with E-state index in [1.54, 1.807) is 19.1 Å². The number of H-pyrrole nitrogens is 1. The molecule has 1 aromatic carbocycles. The summed E-state index contributed by atoms with van der Waals surface area (Å²) >= 11 is 0. The van der Waals surface area contributed by atoms with Crippen molar-refractivity contribution < 1.29 is 13.5 Å². The molecule has 0 spiro atoms. The first-order valence-corrected chi connectivity index (χ1v) is 7.96. The molecule has 1 heterocycles. The van der Waals surface area contributed by atoms with E-state index in [0.29, 0.717) is 5.82 Å². The molecule has 0 saturated heterocycles. The lowest BCUT2D eigenvalue weighted by molar-refractivity contribution is 0.476. The summed E-state index contributed by atoms with van der Waals surface area (Å²) in [5.41, 5.74) is 0.909. The van der Waals surface area contributed by atoms with Gasteiger partial charge in [-0.2, -0.15) is 8.42 Å². The van der Waals surface area contributed by atoms with Crippen molar-refractivity contribution in [3.63, 3.8) is 0 Å². The number of aromatic amines is 1. The number of nitrogens with one attached hydrogen (secondary N) is 2. The van der Waals surface area contributed by atoms with Gasteiger partial charge in [0, 0.05) is 0 Å². The molecule has 0 atom stereocenters. The maximum atomic E-state index is 12.2. The van der Waals surface area contributed by atoms with Crippen LogP contribution in [0.3, 0.4) is 0 Å². The smallest absolute Gasteiger partial charge is 0.279 e. The maximum Gasteiger partial charge on any atom is 0.279 e. The molecular formula is C14H19N3O3S. The molecule has 21 heavy (non-hydrogen) atoms. The topological polar surface area (TPSA) is 95.1 Å². The van der Waals surface area contributed by atoms with Crippen molar-refractivity contribution in [3.05, 3.63) is 35.8 Å². The molecule has 0 amide bonds. The molecule has 2 rings (SSSR count). The summed E-state index contributed by atoms with van der Waals surface area (Å²) in [4.78, 5) is 6.52. The van der Waals surface area contributed by atoms with Gasteiger partial charge in [0.05, 0.1) is 11.9 Å². The van der Waals surface area contributed by atoms with E-state index in [2.05, 4.69) is 14.7 Å². The fourth-order valence-electron chi connectivity index (χ4n) is 1.82. The first-order chi connectivity index (χ1) is 9.59. The highest BCUT2D eigenvalue weighted by Gasteiger charge is 2.21. The Kier molecular flexibility index (Phi) is 3.71. The highest BCUT2D eigenvalue weighted by molar-refractivity contribution is 7.92. The molecule has 0 aliphatic heterocycles. The molecule has 114 valence electrons. The van der Waals surface area contributed by atoms with Crippen LogP contribution in [0.5, 0.6) is 5.75 Å². The van der Waals surface area contributed by atoms with Gasteiger partial charge in [0.25, 0.3) is 10.0 Å². The third-order valence-electron chi connectivity index (χ3n) is 3.08. The van der Waals surface area contributed by atoms with E-state index < -0.39 is 10.0 Å². The van der Waals surface area contributed by atoms with Gasteiger partial charge in [-0.3, -0.25) is 4.72 Å². The number of phenolic OH excluding ortho intramolecular Hbond substituents is 1. The maximum absolute atomic E-state index is 12.2. The fourth-order valence-corrected chi connectivity index (χ4v) is 2.86. The zero-order valence-electron chi connectivity index (χ0n) is 12.4. The third-order valence-corrected chi connectivity index (χ3v) is 4.35. The normalized spacial score (nSPS) is 12.4. The van der Waals surface area contributed by atoms with Gasteiger partial charge in [-0.1, -0.05) is 26.8 Å². The van der Waals surface area contributed by atoms with Crippen LogP contribution in [0.25, 0.3) is 0 Å². The van der Waals surface area contributed by atoms with Gasteiger partial charge in [0.15, 0.2) is 5.03 Å². The number of phenols is 1. The van der Waals surface area contributed by atoms with E-state index in [1.165, 1.54) is 12.3 Å². The first-order valence-electron chi connectivity index (χ1n) is 6.47. The minimum atomic E-state index is -3.81. The summed E-state index contributed by atoms with van der Waals surface area (Å²) in [5, 5.41) is 9.82. The minimum absolute atomic E-state index is 0.0411. The van der Waals surface area contributed by atoms with Crippen LogP contribution in [0.15, 0.2) is 29.4 Å². The predicted molar refractivity (Wildman–Crippen MR) is 80.9 cm³/mol. The number of benzene rings is 1. The van der Waals surface area contributed by atoms with E-state index in [0.717, 1.165) is 5.56 Å². The number of rotatable bonds is 3. The van der Waals surface area contributed by atoms with Gasteiger partial charge in [-0.15, -0.1) is 0 Å². The standard InChI is InChI=1S/C14H19N3O3S/c1-9-15-8-13(16-9)21(19,20)17-11-7-10(14(2,3)4)5-6-12(11)18/h5-8,17-18H,1-4H3,(H,15,16). The van der Waals surface area contributed by atoms with Crippen LogP contribution in [0.1, 0.15) is 32.2 Å². The van der Waals surface area contributed by atoms with Gasteiger partial charge in [0.1, 0.15) is 11.6 Å². The number of hydrogen-bond donors (Lipinski definition) is 3.